The van der Waals surface area contributed by atoms with Crippen molar-refractivity contribution in [3.05, 3.63) is 50.3 Å². The standard InChI is InChI=1S/C23H29N3O4/c1-15-2-8-18(9-3-15)25-23(29)17-6-4-16(5-7-17)14-24-19-20(22(28)21(19)27)26-10-12-30-13-11-26/h2-3,8-9,16-17,24H,4-7,10-14H2,1H3,(H,25,29). The van der Waals surface area contributed by atoms with Gasteiger partial charge in [-0.05, 0) is 50.7 Å². The molecule has 0 atom stereocenters. The molecule has 1 heterocycles. The molecule has 1 saturated carbocycles. The first-order valence-electron chi connectivity index (χ1n) is 10.8. The van der Waals surface area contributed by atoms with Gasteiger partial charge in [0.25, 0.3) is 10.9 Å². The number of carbonyl (C=O) groups is 1. The Hall–Kier alpha value is -2.67. The van der Waals surface area contributed by atoms with E-state index >= 15 is 0 Å². The number of hydrogen-bond donors (Lipinski definition) is 2. The molecular weight excluding hydrogens is 382 g/mol. The summed E-state index contributed by atoms with van der Waals surface area (Å²) in [6, 6.07) is 7.84. The van der Waals surface area contributed by atoms with Crippen LogP contribution in [0.2, 0.25) is 0 Å². The second kappa shape index (κ2) is 9.00. The fourth-order valence-electron chi connectivity index (χ4n) is 4.39. The number of anilines is 3. The van der Waals surface area contributed by atoms with Gasteiger partial charge < -0.3 is 20.3 Å². The summed E-state index contributed by atoms with van der Waals surface area (Å²) in [5.41, 5.74) is 2.18. The highest BCUT2D eigenvalue weighted by molar-refractivity contribution is 5.92. The molecule has 2 fully saturated rings. The zero-order chi connectivity index (χ0) is 21.1. The predicted molar refractivity (Wildman–Crippen MR) is 118 cm³/mol. The molecule has 4 rings (SSSR count). The first-order chi connectivity index (χ1) is 14.5. The van der Waals surface area contributed by atoms with E-state index in [2.05, 4.69) is 10.6 Å². The third-order valence-electron chi connectivity index (χ3n) is 6.32. The molecule has 0 spiro atoms. The summed E-state index contributed by atoms with van der Waals surface area (Å²) in [7, 11) is 0. The molecule has 2 aromatic rings. The lowest BCUT2D eigenvalue weighted by atomic mass is 9.81. The minimum absolute atomic E-state index is 0.0255. The van der Waals surface area contributed by atoms with Gasteiger partial charge in [0.05, 0.1) is 13.2 Å². The number of rotatable bonds is 6. The van der Waals surface area contributed by atoms with Crippen LogP contribution in [-0.2, 0) is 9.53 Å². The molecule has 2 aromatic carbocycles. The third kappa shape index (κ3) is 4.41. The van der Waals surface area contributed by atoms with E-state index in [4.69, 9.17) is 4.74 Å². The Morgan fingerprint density at radius 3 is 2.37 bits per heavy atom. The molecule has 7 nitrogen and oxygen atoms in total. The van der Waals surface area contributed by atoms with Crippen molar-refractivity contribution in [2.24, 2.45) is 11.8 Å². The number of carbonyl (C=O) groups excluding carboxylic acids is 1. The zero-order valence-corrected chi connectivity index (χ0v) is 17.4. The van der Waals surface area contributed by atoms with Crippen LogP contribution in [0.5, 0.6) is 0 Å². The zero-order valence-electron chi connectivity index (χ0n) is 17.4. The number of aryl methyl sites for hydroxylation is 1. The molecule has 160 valence electrons. The van der Waals surface area contributed by atoms with Crippen molar-refractivity contribution in [1.82, 2.24) is 0 Å². The highest BCUT2D eigenvalue weighted by Gasteiger charge is 2.29. The lowest BCUT2D eigenvalue weighted by molar-refractivity contribution is -0.121. The van der Waals surface area contributed by atoms with E-state index in [1.54, 1.807) is 0 Å². The van der Waals surface area contributed by atoms with Gasteiger partial charge >= 0.3 is 0 Å². The average molecular weight is 412 g/mol. The van der Waals surface area contributed by atoms with Crippen LogP contribution in [0, 0.1) is 18.8 Å². The van der Waals surface area contributed by atoms with Crippen molar-refractivity contribution >= 4 is 23.0 Å². The Balaban J connectivity index is 1.26. The van der Waals surface area contributed by atoms with Crippen LogP contribution in [0.3, 0.4) is 0 Å². The molecule has 30 heavy (non-hydrogen) atoms. The molecule has 0 aromatic heterocycles. The van der Waals surface area contributed by atoms with Gasteiger partial charge in [-0.15, -0.1) is 0 Å². The van der Waals surface area contributed by atoms with Crippen LogP contribution in [0.15, 0.2) is 33.9 Å². The summed E-state index contributed by atoms with van der Waals surface area (Å²) < 4.78 is 5.33. The smallest absolute Gasteiger partial charge is 0.253 e. The summed E-state index contributed by atoms with van der Waals surface area (Å²) in [5, 5.41) is 6.25. The van der Waals surface area contributed by atoms with E-state index in [0.717, 1.165) is 31.4 Å². The van der Waals surface area contributed by atoms with Crippen molar-refractivity contribution in [3.63, 3.8) is 0 Å². The second-order valence-corrected chi connectivity index (χ2v) is 8.44. The predicted octanol–water partition coefficient (Wildman–Crippen LogP) is 2.28. The molecule has 0 unspecified atom stereocenters. The van der Waals surface area contributed by atoms with Crippen molar-refractivity contribution < 1.29 is 9.53 Å². The fraction of sp³-hybridized carbons (Fsp3) is 0.522. The lowest BCUT2D eigenvalue weighted by Gasteiger charge is -2.32. The van der Waals surface area contributed by atoms with Gasteiger partial charge in [-0.25, -0.2) is 0 Å². The number of nitrogens with one attached hydrogen (secondary N) is 2. The summed E-state index contributed by atoms with van der Waals surface area (Å²) >= 11 is 0. The fourth-order valence-corrected chi connectivity index (χ4v) is 4.39. The van der Waals surface area contributed by atoms with Gasteiger partial charge in [-0.3, -0.25) is 14.4 Å². The number of morpholine rings is 1. The summed E-state index contributed by atoms with van der Waals surface area (Å²) in [6.07, 6.45) is 3.54. The molecule has 1 aliphatic heterocycles. The van der Waals surface area contributed by atoms with Gasteiger partial charge in [0, 0.05) is 31.2 Å². The van der Waals surface area contributed by atoms with Crippen molar-refractivity contribution in [1.29, 1.82) is 0 Å². The number of ether oxygens (including phenoxy) is 1. The van der Waals surface area contributed by atoms with Gasteiger partial charge in [-0.2, -0.15) is 0 Å². The van der Waals surface area contributed by atoms with Gasteiger partial charge in [0.2, 0.25) is 5.91 Å². The van der Waals surface area contributed by atoms with Gasteiger partial charge in [0.15, 0.2) is 0 Å². The van der Waals surface area contributed by atoms with E-state index in [-0.39, 0.29) is 11.8 Å². The minimum Gasteiger partial charge on any atom is -0.380 e. The summed E-state index contributed by atoms with van der Waals surface area (Å²) in [6.45, 7) is 5.11. The summed E-state index contributed by atoms with van der Waals surface area (Å²) in [5.74, 6) is 0.510. The highest BCUT2D eigenvalue weighted by Crippen LogP contribution is 2.31. The Labute approximate surface area is 176 Å². The molecular formula is C23H29N3O4. The maximum Gasteiger partial charge on any atom is 0.253 e. The minimum atomic E-state index is -0.414. The van der Waals surface area contributed by atoms with Gasteiger partial charge in [0.1, 0.15) is 11.4 Å². The van der Waals surface area contributed by atoms with Crippen LogP contribution < -0.4 is 26.4 Å². The van der Waals surface area contributed by atoms with Gasteiger partial charge in [-0.1, -0.05) is 17.7 Å². The molecule has 7 heteroatoms. The van der Waals surface area contributed by atoms with Crippen molar-refractivity contribution in [2.75, 3.05) is 48.4 Å². The number of amides is 1. The van der Waals surface area contributed by atoms with Crippen molar-refractivity contribution in [2.45, 2.75) is 32.6 Å². The van der Waals surface area contributed by atoms with Crippen LogP contribution in [-0.4, -0.2) is 38.8 Å². The molecule has 1 amide bonds. The largest absolute Gasteiger partial charge is 0.380 e. The average Bonchev–Trinajstić information content (AvgIpc) is 2.78. The highest BCUT2D eigenvalue weighted by atomic mass is 16.5. The summed E-state index contributed by atoms with van der Waals surface area (Å²) in [4.78, 5) is 38.6. The van der Waals surface area contributed by atoms with Crippen LogP contribution >= 0.6 is 0 Å². The van der Waals surface area contributed by atoms with Crippen LogP contribution in [0.4, 0.5) is 17.1 Å². The van der Waals surface area contributed by atoms with Crippen LogP contribution in [0.25, 0.3) is 0 Å². The molecule has 0 radical (unpaired) electrons. The first-order valence-corrected chi connectivity index (χ1v) is 10.8. The molecule has 1 saturated heterocycles. The number of nitrogens with zero attached hydrogens (tertiary/aromatic N) is 1. The maximum atomic E-state index is 12.5. The van der Waals surface area contributed by atoms with E-state index in [1.165, 1.54) is 5.56 Å². The SMILES string of the molecule is Cc1ccc(NC(=O)C2CCC(CNc3c(N4CCOCC4)c(=O)c3=O)CC2)cc1. The molecule has 2 N–H and O–H groups in total. The van der Waals surface area contributed by atoms with E-state index in [0.29, 0.717) is 50.1 Å². The molecule has 0 bridgehead atoms. The van der Waals surface area contributed by atoms with Crippen molar-refractivity contribution in [3.8, 4) is 0 Å². The Morgan fingerprint density at radius 2 is 1.70 bits per heavy atom. The first kappa shape index (κ1) is 20.6. The Morgan fingerprint density at radius 1 is 1.03 bits per heavy atom. The topological polar surface area (TPSA) is 87.7 Å². The third-order valence-corrected chi connectivity index (χ3v) is 6.32. The number of benzene rings is 1. The number of hydrogen-bond acceptors (Lipinski definition) is 6. The molecule has 2 aliphatic rings. The quantitative estimate of drug-likeness (QED) is 0.709. The lowest BCUT2D eigenvalue weighted by Crippen LogP contribution is -2.47. The molecule has 1 aliphatic carbocycles. The normalized spacial score (nSPS) is 22.1. The Kier molecular flexibility index (Phi) is 6.18. The maximum absolute atomic E-state index is 12.5. The van der Waals surface area contributed by atoms with E-state index in [1.807, 2.05) is 36.1 Å². The van der Waals surface area contributed by atoms with Crippen LogP contribution in [0.1, 0.15) is 31.2 Å². The Bertz CT molecular complexity index is 948. The van der Waals surface area contributed by atoms with E-state index < -0.39 is 10.9 Å². The van der Waals surface area contributed by atoms with E-state index in [9.17, 15) is 14.4 Å². The second-order valence-electron chi connectivity index (χ2n) is 8.44. The monoisotopic (exact) mass is 411 g/mol.